The van der Waals surface area contributed by atoms with Crippen LogP contribution in [0.1, 0.15) is 26.3 Å². The van der Waals surface area contributed by atoms with Gasteiger partial charge >= 0.3 is 0 Å². The molecule has 7 heteroatoms. The van der Waals surface area contributed by atoms with Gasteiger partial charge in [-0.15, -0.1) is 11.3 Å². The molecule has 0 N–H and O–H groups in total. The van der Waals surface area contributed by atoms with E-state index in [1.54, 1.807) is 34.3 Å². The van der Waals surface area contributed by atoms with Crippen molar-refractivity contribution in [2.75, 3.05) is 0 Å². The Hall–Kier alpha value is -2.80. The van der Waals surface area contributed by atoms with Gasteiger partial charge in [-0.25, -0.2) is 9.07 Å². The molecule has 1 aromatic carbocycles. The van der Waals surface area contributed by atoms with Crippen LogP contribution in [0.3, 0.4) is 0 Å². The first-order chi connectivity index (χ1) is 12.8. The van der Waals surface area contributed by atoms with Crippen LogP contribution in [-0.2, 0) is 12.1 Å². The maximum atomic E-state index is 13.6. The van der Waals surface area contributed by atoms with Crippen LogP contribution in [-0.4, -0.2) is 19.6 Å². The molecular formula is C20H19FN4OS. The van der Waals surface area contributed by atoms with Crippen LogP contribution >= 0.6 is 11.3 Å². The Kier molecular flexibility index (Phi) is 4.19. The summed E-state index contributed by atoms with van der Waals surface area (Å²) >= 11 is 1.56. The van der Waals surface area contributed by atoms with Crippen LogP contribution < -0.4 is 5.56 Å². The molecule has 4 aromatic rings. The third-order valence-corrected chi connectivity index (χ3v) is 5.17. The van der Waals surface area contributed by atoms with Gasteiger partial charge in [0.1, 0.15) is 17.0 Å². The van der Waals surface area contributed by atoms with Crippen molar-refractivity contribution >= 4 is 22.2 Å². The molecule has 0 saturated heterocycles. The molecule has 0 bridgehead atoms. The van der Waals surface area contributed by atoms with Crippen molar-refractivity contribution < 1.29 is 4.39 Å². The molecule has 0 fully saturated rings. The zero-order valence-electron chi connectivity index (χ0n) is 15.3. The summed E-state index contributed by atoms with van der Waals surface area (Å²) in [6.07, 6.45) is 1.70. The number of halogens is 1. The van der Waals surface area contributed by atoms with Gasteiger partial charge in [-0.05, 0) is 49.9 Å². The smallest absolute Gasteiger partial charge is 0.265 e. The van der Waals surface area contributed by atoms with Crippen LogP contribution in [0.15, 0.2) is 52.8 Å². The number of thiophene rings is 1. The Morgan fingerprint density at radius 1 is 1.19 bits per heavy atom. The zero-order chi connectivity index (χ0) is 19.2. The summed E-state index contributed by atoms with van der Waals surface area (Å²) in [6.45, 7) is 6.20. The van der Waals surface area contributed by atoms with Crippen molar-refractivity contribution in [3.8, 4) is 10.6 Å². The van der Waals surface area contributed by atoms with Crippen molar-refractivity contribution in [1.29, 1.82) is 0 Å². The van der Waals surface area contributed by atoms with Crippen LogP contribution in [0, 0.1) is 5.82 Å². The van der Waals surface area contributed by atoms with Gasteiger partial charge in [0.25, 0.3) is 5.56 Å². The molecule has 0 aliphatic carbocycles. The van der Waals surface area contributed by atoms with Crippen LogP contribution in [0.5, 0.6) is 0 Å². The summed E-state index contributed by atoms with van der Waals surface area (Å²) in [5.41, 5.74) is 1.32. The Labute approximate surface area is 159 Å². The fourth-order valence-corrected chi connectivity index (χ4v) is 3.81. The van der Waals surface area contributed by atoms with Crippen molar-refractivity contribution in [2.24, 2.45) is 0 Å². The second kappa shape index (κ2) is 6.42. The lowest BCUT2D eigenvalue weighted by molar-refractivity contribution is 0.366. The number of benzene rings is 1. The average Bonchev–Trinajstić information content (AvgIpc) is 3.26. The lowest BCUT2D eigenvalue weighted by Crippen LogP contribution is -2.30. The number of rotatable bonds is 3. The van der Waals surface area contributed by atoms with Gasteiger partial charge in [0.05, 0.1) is 28.5 Å². The van der Waals surface area contributed by atoms with Crippen LogP contribution in [0.4, 0.5) is 4.39 Å². The molecule has 5 nitrogen and oxygen atoms in total. The summed E-state index contributed by atoms with van der Waals surface area (Å²) in [7, 11) is 0. The number of hydrogen-bond acceptors (Lipinski definition) is 4. The number of hydrogen-bond donors (Lipinski definition) is 0. The SMILES string of the molecule is CC(C)(C)n1ncc2c(-c3cccs3)nn(Cc3cccc(F)c3)c(=O)c21. The topological polar surface area (TPSA) is 52.7 Å². The Morgan fingerprint density at radius 3 is 2.67 bits per heavy atom. The predicted octanol–water partition coefficient (Wildman–Crippen LogP) is 4.26. The third-order valence-electron chi connectivity index (χ3n) is 4.29. The number of nitrogens with zero attached hydrogens (tertiary/aromatic N) is 4. The minimum atomic E-state index is -0.355. The fourth-order valence-electron chi connectivity index (χ4n) is 3.09. The highest BCUT2D eigenvalue weighted by Gasteiger charge is 2.23. The Morgan fingerprint density at radius 2 is 2.00 bits per heavy atom. The highest BCUT2D eigenvalue weighted by Crippen LogP contribution is 2.30. The van der Waals surface area contributed by atoms with Gasteiger partial charge < -0.3 is 0 Å². The molecule has 3 heterocycles. The van der Waals surface area contributed by atoms with Crippen molar-refractivity contribution in [2.45, 2.75) is 32.9 Å². The second-order valence-corrected chi connectivity index (χ2v) is 8.36. The molecule has 0 aliphatic heterocycles. The third kappa shape index (κ3) is 3.19. The van der Waals surface area contributed by atoms with E-state index in [1.165, 1.54) is 16.8 Å². The lowest BCUT2D eigenvalue weighted by atomic mass is 10.1. The molecule has 3 aromatic heterocycles. The molecular weight excluding hydrogens is 363 g/mol. The van der Waals surface area contributed by atoms with E-state index in [9.17, 15) is 9.18 Å². The molecule has 0 spiro atoms. The molecule has 0 amide bonds. The predicted molar refractivity (Wildman–Crippen MR) is 106 cm³/mol. The maximum absolute atomic E-state index is 13.6. The maximum Gasteiger partial charge on any atom is 0.293 e. The molecule has 0 radical (unpaired) electrons. The van der Waals surface area contributed by atoms with Gasteiger partial charge in [-0.3, -0.25) is 9.48 Å². The standard InChI is InChI=1S/C20H19FN4OS/c1-20(2,3)25-18-15(11-22-25)17(16-8-5-9-27-16)23-24(19(18)26)12-13-6-4-7-14(21)10-13/h4-11H,12H2,1-3H3. The van der Waals surface area contributed by atoms with Gasteiger partial charge in [-0.1, -0.05) is 18.2 Å². The van der Waals surface area contributed by atoms with E-state index < -0.39 is 0 Å². The summed E-state index contributed by atoms with van der Waals surface area (Å²) in [5, 5.41) is 11.8. The largest absolute Gasteiger partial charge is 0.293 e. The van der Waals surface area contributed by atoms with Crippen molar-refractivity contribution in [3.05, 3.63) is 69.7 Å². The molecule has 0 unspecified atom stereocenters. The van der Waals surface area contributed by atoms with E-state index in [0.717, 1.165) is 10.3 Å². The average molecular weight is 382 g/mol. The summed E-state index contributed by atoms with van der Waals surface area (Å²) in [4.78, 5) is 14.2. The quantitative estimate of drug-likeness (QED) is 0.532. The molecule has 0 saturated carbocycles. The monoisotopic (exact) mass is 382 g/mol. The Balaban J connectivity index is 1.99. The molecule has 0 atom stereocenters. The van der Waals surface area contributed by atoms with Crippen molar-refractivity contribution in [3.63, 3.8) is 0 Å². The molecule has 138 valence electrons. The van der Waals surface area contributed by atoms with Gasteiger partial charge in [0.15, 0.2) is 0 Å². The van der Waals surface area contributed by atoms with Gasteiger partial charge in [0, 0.05) is 0 Å². The first-order valence-electron chi connectivity index (χ1n) is 8.62. The van der Waals surface area contributed by atoms with Crippen LogP contribution in [0.2, 0.25) is 0 Å². The van der Waals surface area contributed by atoms with E-state index in [4.69, 9.17) is 0 Å². The fraction of sp³-hybridized carbons (Fsp3) is 0.250. The highest BCUT2D eigenvalue weighted by atomic mass is 32.1. The van der Waals surface area contributed by atoms with E-state index in [2.05, 4.69) is 10.2 Å². The molecule has 0 aliphatic rings. The second-order valence-electron chi connectivity index (χ2n) is 7.41. The molecule has 27 heavy (non-hydrogen) atoms. The van der Waals surface area contributed by atoms with Gasteiger partial charge in [-0.2, -0.15) is 10.2 Å². The molecule has 4 rings (SSSR count). The summed E-state index contributed by atoms with van der Waals surface area (Å²) < 4.78 is 16.7. The number of aromatic nitrogens is 4. The minimum absolute atomic E-state index is 0.195. The minimum Gasteiger partial charge on any atom is -0.265 e. The summed E-state index contributed by atoms with van der Waals surface area (Å²) in [6, 6.07) is 10.1. The lowest BCUT2D eigenvalue weighted by Gasteiger charge is -2.20. The summed E-state index contributed by atoms with van der Waals surface area (Å²) in [5.74, 6) is -0.333. The van der Waals surface area contributed by atoms with E-state index >= 15 is 0 Å². The normalized spacial score (nSPS) is 12.0. The first kappa shape index (κ1) is 17.6. The number of fused-ring (bicyclic) bond motifs is 1. The van der Waals surface area contributed by atoms with Crippen molar-refractivity contribution in [1.82, 2.24) is 19.6 Å². The van der Waals surface area contributed by atoms with E-state index in [-0.39, 0.29) is 23.5 Å². The van der Waals surface area contributed by atoms with E-state index in [0.29, 0.717) is 16.8 Å². The highest BCUT2D eigenvalue weighted by molar-refractivity contribution is 7.13. The Bertz CT molecular complexity index is 1170. The van der Waals surface area contributed by atoms with Gasteiger partial charge in [0.2, 0.25) is 0 Å². The van der Waals surface area contributed by atoms with E-state index in [1.807, 2.05) is 38.3 Å². The zero-order valence-corrected chi connectivity index (χ0v) is 16.1. The first-order valence-corrected chi connectivity index (χ1v) is 9.50. The van der Waals surface area contributed by atoms with Crippen LogP contribution in [0.25, 0.3) is 21.5 Å².